The Labute approximate surface area is 151 Å². The van der Waals surface area contributed by atoms with Crippen molar-refractivity contribution in [1.82, 2.24) is 4.98 Å². The Hall–Kier alpha value is -2.12. The molecule has 1 atom stereocenters. The van der Waals surface area contributed by atoms with Crippen molar-refractivity contribution in [3.63, 3.8) is 0 Å². The molecule has 0 fully saturated rings. The highest BCUT2D eigenvalue weighted by atomic mass is 32.2. The maximum absolute atomic E-state index is 12.6. The number of anilines is 1. The highest BCUT2D eigenvalue weighted by Crippen LogP contribution is 2.33. The van der Waals surface area contributed by atoms with Crippen LogP contribution in [0.1, 0.15) is 23.9 Å². The normalized spacial score (nSPS) is 19.2. The molecule has 0 saturated carbocycles. The van der Waals surface area contributed by atoms with Crippen LogP contribution in [0.25, 0.3) is 5.57 Å². The number of hydrogen-bond acceptors (Lipinski definition) is 5. The predicted octanol–water partition coefficient (Wildman–Crippen LogP) is 3.86. The third-order valence-corrected chi connectivity index (χ3v) is 6.64. The van der Waals surface area contributed by atoms with Gasteiger partial charge in [-0.1, -0.05) is 25.2 Å². The number of allylic oxidation sites excluding steroid dienone is 4. The number of benzene rings is 1. The molecule has 0 saturated heterocycles. The molecule has 1 aromatic heterocycles. The number of rotatable bonds is 4. The summed E-state index contributed by atoms with van der Waals surface area (Å²) in [6, 6.07) is 4.95. The number of hydrogen-bond donors (Lipinski definition) is 1. The maximum Gasteiger partial charge on any atom is 0.263 e. The molecule has 4 rings (SSSR count). The number of nitrogens with zero attached hydrogens (tertiary/aromatic N) is 1. The smallest absolute Gasteiger partial charge is 0.263 e. The first-order valence-electron chi connectivity index (χ1n) is 8.14. The van der Waals surface area contributed by atoms with Crippen LogP contribution in [0.3, 0.4) is 0 Å². The molecule has 2 heterocycles. The Morgan fingerprint density at radius 3 is 3.08 bits per heavy atom. The molecule has 0 amide bonds. The minimum atomic E-state index is -3.66. The second kappa shape index (κ2) is 6.31. The maximum atomic E-state index is 12.6. The minimum Gasteiger partial charge on any atom is -0.493 e. The zero-order chi connectivity index (χ0) is 17.4. The summed E-state index contributed by atoms with van der Waals surface area (Å²) >= 11 is 1.46. The van der Waals surface area contributed by atoms with E-state index in [0.717, 1.165) is 34.7 Å². The van der Waals surface area contributed by atoms with Gasteiger partial charge in [-0.2, -0.15) is 0 Å². The van der Waals surface area contributed by atoms with Crippen molar-refractivity contribution in [2.45, 2.75) is 24.7 Å². The van der Waals surface area contributed by atoms with Crippen LogP contribution in [0.4, 0.5) is 5.82 Å². The molecule has 7 heteroatoms. The van der Waals surface area contributed by atoms with Gasteiger partial charge in [0, 0.05) is 11.8 Å². The van der Waals surface area contributed by atoms with Gasteiger partial charge in [0.2, 0.25) is 0 Å². The van der Waals surface area contributed by atoms with Crippen molar-refractivity contribution in [3.05, 3.63) is 52.4 Å². The first-order chi connectivity index (χ1) is 12.0. The van der Waals surface area contributed by atoms with Gasteiger partial charge in [0.05, 0.1) is 11.5 Å². The zero-order valence-electron chi connectivity index (χ0n) is 13.7. The molecular weight excluding hydrogens is 356 g/mol. The van der Waals surface area contributed by atoms with Crippen LogP contribution in [0.5, 0.6) is 5.75 Å². The number of fused-ring (bicyclic) bond motifs is 1. The predicted molar refractivity (Wildman–Crippen MR) is 99.5 cm³/mol. The Bertz CT molecular complexity index is 974. The first kappa shape index (κ1) is 16.4. The van der Waals surface area contributed by atoms with E-state index in [1.807, 2.05) is 12.2 Å². The van der Waals surface area contributed by atoms with Crippen LogP contribution >= 0.6 is 11.3 Å². The number of aromatic nitrogens is 1. The molecule has 1 unspecified atom stereocenters. The molecule has 0 radical (unpaired) electrons. The highest BCUT2D eigenvalue weighted by molar-refractivity contribution is 7.92. The lowest BCUT2D eigenvalue weighted by Gasteiger charge is -2.14. The van der Waals surface area contributed by atoms with E-state index in [-0.39, 0.29) is 4.90 Å². The van der Waals surface area contributed by atoms with E-state index < -0.39 is 10.0 Å². The van der Waals surface area contributed by atoms with E-state index in [0.29, 0.717) is 18.3 Å². The summed E-state index contributed by atoms with van der Waals surface area (Å²) in [5, 5.41) is 2.60. The Balaban J connectivity index is 1.58. The fourth-order valence-corrected chi connectivity index (χ4v) is 5.02. The summed E-state index contributed by atoms with van der Waals surface area (Å²) in [6.07, 6.45) is 7.91. The van der Waals surface area contributed by atoms with E-state index in [4.69, 9.17) is 4.74 Å². The molecule has 2 aliphatic rings. The molecule has 1 aromatic carbocycles. The van der Waals surface area contributed by atoms with Gasteiger partial charge < -0.3 is 4.74 Å². The van der Waals surface area contributed by atoms with Crippen LogP contribution in [0, 0.1) is 5.92 Å². The van der Waals surface area contributed by atoms with Gasteiger partial charge in [0.15, 0.2) is 5.82 Å². The SMILES string of the molecule is CC1CC=CC=C1c1nc(NS(=O)(=O)c2ccc3c(c2)CCO3)cs1. The quantitative estimate of drug-likeness (QED) is 0.882. The molecular formula is C18H18N2O3S2. The summed E-state index contributed by atoms with van der Waals surface area (Å²) in [7, 11) is -3.66. The Kier molecular flexibility index (Phi) is 4.13. The molecule has 2 aromatic rings. The fraction of sp³-hybridized carbons (Fsp3) is 0.278. The number of sulfonamides is 1. The van der Waals surface area contributed by atoms with E-state index in [1.165, 1.54) is 11.3 Å². The standard InChI is InChI=1S/C18H18N2O3S2/c1-12-4-2-3-5-15(12)18-19-17(11-24-18)20-25(21,22)14-6-7-16-13(10-14)8-9-23-16/h2-3,5-7,10-12,20H,4,8-9H2,1H3. The van der Waals surface area contributed by atoms with Gasteiger partial charge in [0.25, 0.3) is 10.0 Å². The van der Waals surface area contributed by atoms with Gasteiger partial charge in [0.1, 0.15) is 10.8 Å². The topological polar surface area (TPSA) is 68.3 Å². The van der Waals surface area contributed by atoms with E-state index in [9.17, 15) is 8.42 Å². The third-order valence-electron chi connectivity index (χ3n) is 4.39. The number of ether oxygens (including phenoxy) is 1. The molecule has 1 aliphatic heterocycles. The number of nitrogens with one attached hydrogen (secondary N) is 1. The average molecular weight is 374 g/mol. The van der Waals surface area contributed by atoms with Gasteiger partial charge in [-0.15, -0.1) is 11.3 Å². The molecule has 1 N–H and O–H groups in total. The van der Waals surface area contributed by atoms with Crippen molar-refractivity contribution in [2.75, 3.05) is 11.3 Å². The second-order valence-electron chi connectivity index (χ2n) is 6.20. The van der Waals surface area contributed by atoms with Gasteiger partial charge in [-0.3, -0.25) is 4.72 Å². The van der Waals surface area contributed by atoms with Crippen LogP contribution in [0.2, 0.25) is 0 Å². The molecule has 0 bridgehead atoms. The Morgan fingerprint density at radius 2 is 2.24 bits per heavy atom. The molecule has 130 valence electrons. The lowest BCUT2D eigenvalue weighted by molar-refractivity contribution is 0.356. The van der Waals surface area contributed by atoms with Gasteiger partial charge in [-0.05, 0) is 41.7 Å². The van der Waals surface area contributed by atoms with Crippen LogP contribution in [-0.2, 0) is 16.4 Å². The van der Waals surface area contributed by atoms with Crippen molar-refractivity contribution >= 4 is 32.8 Å². The fourth-order valence-electron chi connectivity index (χ4n) is 3.01. The third kappa shape index (κ3) is 3.21. The summed E-state index contributed by atoms with van der Waals surface area (Å²) < 4.78 is 33.3. The zero-order valence-corrected chi connectivity index (χ0v) is 15.4. The van der Waals surface area contributed by atoms with Gasteiger partial charge >= 0.3 is 0 Å². The van der Waals surface area contributed by atoms with Crippen molar-refractivity contribution < 1.29 is 13.2 Å². The van der Waals surface area contributed by atoms with Crippen LogP contribution < -0.4 is 9.46 Å². The van der Waals surface area contributed by atoms with Crippen molar-refractivity contribution in [2.24, 2.45) is 5.92 Å². The highest BCUT2D eigenvalue weighted by Gasteiger charge is 2.21. The van der Waals surface area contributed by atoms with Crippen LogP contribution in [0.15, 0.2) is 46.7 Å². The molecule has 5 nitrogen and oxygen atoms in total. The monoisotopic (exact) mass is 374 g/mol. The Morgan fingerprint density at radius 1 is 1.36 bits per heavy atom. The van der Waals surface area contributed by atoms with E-state index in [2.05, 4.69) is 22.7 Å². The number of thiazole rings is 1. The molecule has 1 aliphatic carbocycles. The lowest BCUT2D eigenvalue weighted by Crippen LogP contribution is -2.13. The lowest BCUT2D eigenvalue weighted by atomic mass is 9.94. The largest absolute Gasteiger partial charge is 0.493 e. The average Bonchev–Trinajstić information content (AvgIpc) is 3.23. The second-order valence-corrected chi connectivity index (χ2v) is 8.74. The van der Waals surface area contributed by atoms with E-state index >= 15 is 0 Å². The van der Waals surface area contributed by atoms with Crippen LogP contribution in [-0.4, -0.2) is 20.0 Å². The summed E-state index contributed by atoms with van der Waals surface area (Å²) in [5.74, 6) is 1.51. The summed E-state index contributed by atoms with van der Waals surface area (Å²) in [4.78, 5) is 4.70. The van der Waals surface area contributed by atoms with Gasteiger partial charge in [-0.25, -0.2) is 13.4 Å². The minimum absolute atomic E-state index is 0.236. The van der Waals surface area contributed by atoms with E-state index in [1.54, 1.807) is 23.6 Å². The first-order valence-corrected chi connectivity index (χ1v) is 10.5. The van der Waals surface area contributed by atoms with Crippen molar-refractivity contribution in [3.8, 4) is 5.75 Å². The summed E-state index contributed by atoms with van der Waals surface area (Å²) in [6.45, 7) is 2.75. The molecule has 0 spiro atoms. The van der Waals surface area contributed by atoms with Crippen molar-refractivity contribution in [1.29, 1.82) is 0 Å². The molecule has 25 heavy (non-hydrogen) atoms. The summed E-state index contributed by atoms with van der Waals surface area (Å²) in [5.41, 5.74) is 2.07.